The van der Waals surface area contributed by atoms with E-state index in [2.05, 4.69) is 10.5 Å². The number of hydrogen-bond acceptors (Lipinski definition) is 4. The molecule has 0 spiro atoms. The predicted molar refractivity (Wildman–Crippen MR) is 120 cm³/mol. The molecule has 6 nitrogen and oxygen atoms in total. The van der Waals surface area contributed by atoms with Crippen molar-refractivity contribution in [3.63, 3.8) is 0 Å². The van der Waals surface area contributed by atoms with Crippen LogP contribution in [0.5, 0.6) is 0 Å². The first-order valence-electron chi connectivity index (χ1n) is 9.14. The largest absolute Gasteiger partial charge is 0.271 e. The minimum Gasteiger partial charge on any atom is -0.267 e. The van der Waals surface area contributed by atoms with Gasteiger partial charge in [-0.3, -0.25) is 9.10 Å². The van der Waals surface area contributed by atoms with Gasteiger partial charge in [0.15, 0.2) is 0 Å². The van der Waals surface area contributed by atoms with E-state index in [0.29, 0.717) is 10.7 Å². The Morgan fingerprint density at radius 2 is 1.71 bits per heavy atom. The summed E-state index contributed by atoms with van der Waals surface area (Å²) < 4.78 is 39.4. The zero-order valence-corrected chi connectivity index (χ0v) is 18.1. The Morgan fingerprint density at radius 1 is 1.06 bits per heavy atom. The average Bonchev–Trinajstić information content (AvgIpc) is 2.74. The highest BCUT2D eigenvalue weighted by atomic mass is 35.5. The second kappa shape index (κ2) is 9.72. The molecule has 0 unspecified atom stereocenters. The summed E-state index contributed by atoms with van der Waals surface area (Å²) in [7, 11) is -3.57. The monoisotopic (exact) mass is 459 g/mol. The summed E-state index contributed by atoms with van der Waals surface area (Å²) in [6.45, 7) is 0.120. The Kier molecular flexibility index (Phi) is 7.04. The van der Waals surface area contributed by atoms with Crippen molar-refractivity contribution >= 4 is 39.4 Å². The molecule has 1 amide bonds. The lowest BCUT2D eigenvalue weighted by atomic mass is 10.2. The molecule has 0 heterocycles. The summed E-state index contributed by atoms with van der Waals surface area (Å²) in [5.74, 6) is -0.964. The van der Waals surface area contributed by atoms with Crippen LogP contribution in [-0.2, 0) is 16.6 Å². The van der Waals surface area contributed by atoms with E-state index in [0.717, 1.165) is 11.8 Å². The van der Waals surface area contributed by atoms with E-state index in [1.165, 1.54) is 46.9 Å². The standard InChI is InChI=1S/C22H19ClFN3O3S/c1-31(29,30)27(15-16-6-10-19(23)11-7-16)20-12-8-17(9-13-20)22(28)26-25-14-18-4-2-3-5-21(18)24/h2-14H,15H2,1H3,(H,26,28)/b25-14+. The van der Waals surface area contributed by atoms with Gasteiger partial charge in [-0.1, -0.05) is 41.9 Å². The van der Waals surface area contributed by atoms with Crippen molar-refractivity contribution in [3.05, 3.63) is 100 Å². The molecule has 160 valence electrons. The Hall–Kier alpha value is -3.23. The number of amides is 1. The molecule has 0 aliphatic carbocycles. The van der Waals surface area contributed by atoms with Crippen molar-refractivity contribution in [2.24, 2.45) is 5.10 Å². The van der Waals surface area contributed by atoms with Gasteiger partial charge >= 0.3 is 0 Å². The van der Waals surface area contributed by atoms with E-state index >= 15 is 0 Å². The molecule has 0 aromatic heterocycles. The van der Waals surface area contributed by atoms with Gasteiger partial charge in [0.2, 0.25) is 10.0 Å². The zero-order chi connectivity index (χ0) is 22.4. The number of carbonyl (C=O) groups excluding carboxylic acids is 1. The maximum absolute atomic E-state index is 13.6. The van der Waals surface area contributed by atoms with Crippen molar-refractivity contribution in [1.29, 1.82) is 0 Å². The normalized spacial score (nSPS) is 11.5. The number of benzene rings is 3. The lowest BCUT2D eigenvalue weighted by molar-refractivity contribution is 0.0955. The highest BCUT2D eigenvalue weighted by Crippen LogP contribution is 2.22. The maximum atomic E-state index is 13.6. The van der Waals surface area contributed by atoms with Crippen LogP contribution in [0, 0.1) is 5.82 Å². The fraction of sp³-hybridized carbons (Fsp3) is 0.0909. The Bertz CT molecular complexity index is 1200. The smallest absolute Gasteiger partial charge is 0.267 e. The van der Waals surface area contributed by atoms with Crippen LogP contribution in [0.1, 0.15) is 21.5 Å². The number of nitrogens with one attached hydrogen (secondary N) is 1. The van der Waals surface area contributed by atoms with Crippen LogP contribution in [-0.4, -0.2) is 26.8 Å². The van der Waals surface area contributed by atoms with Gasteiger partial charge in [0.25, 0.3) is 5.91 Å². The number of halogens is 2. The van der Waals surface area contributed by atoms with Crippen molar-refractivity contribution in [3.8, 4) is 0 Å². The molecule has 0 saturated heterocycles. The number of carbonyl (C=O) groups is 1. The minimum absolute atomic E-state index is 0.120. The van der Waals surface area contributed by atoms with E-state index in [9.17, 15) is 17.6 Å². The number of sulfonamides is 1. The first kappa shape index (κ1) is 22.5. The maximum Gasteiger partial charge on any atom is 0.271 e. The fourth-order valence-electron chi connectivity index (χ4n) is 2.74. The number of hydrogen-bond donors (Lipinski definition) is 1. The van der Waals surface area contributed by atoms with Crippen LogP contribution >= 0.6 is 11.6 Å². The summed E-state index contributed by atoms with van der Waals surface area (Å²) in [6.07, 6.45) is 2.32. The third-order valence-corrected chi connectivity index (χ3v) is 5.72. The van der Waals surface area contributed by atoms with Gasteiger partial charge in [0.05, 0.1) is 24.7 Å². The second-order valence-corrected chi connectivity index (χ2v) is 9.01. The van der Waals surface area contributed by atoms with E-state index in [1.807, 2.05) is 0 Å². The van der Waals surface area contributed by atoms with Crippen molar-refractivity contribution in [1.82, 2.24) is 5.43 Å². The molecule has 0 saturated carbocycles. The van der Waals surface area contributed by atoms with Gasteiger partial charge in [0.1, 0.15) is 5.82 Å². The summed E-state index contributed by atoms with van der Waals surface area (Å²) in [4.78, 5) is 12.3. The van der Waals surface area contributed by atoms with Crippen LogP contribution in [0.25, 0.3) is 0 Å². The third-order valence-electron chi connectivity index (χ3n) is 4.33. The molecular weight excluding hydrogens is 441 g/mol. The Labute approximate surface area is 185 Å². The van der Waals surface area contributed by atoms with Crippen LogP contribution in [0.2, 0.25) is 5.02 Å². The van der Waals surface area contributed by atoms with Crippen molar-refractivity contribution in [2.45, 2.75) is 6.54 Å². The average molecular weight is 460 g/mol. The summed E-state index contributed by atoms with van der Waals surface area (Å²) in [6, 6.07) is 18.9. The van der Waals surface area contributed by atoms with Crippen LogP contribution < -0.4 is 9.73 Å². The molecular formula is C22H19ClFN3O3S. The molecule has 3 aromatic rings. The van der Waals surface area contributed by atoms with Gasteiger partial charge in [-0.2, -0.15) is 5.10 Å². The topological polar surface area (TPSA) is 78.8 Å². The lowest BCUT2D eigenvalue weighted by Gasteiger charge is -2.22. The van der Waals surface area contributed by atoms with Gasteiger partial charge in [0, 0.05) is 16.1 Å². The molecule has 31 heavy (non-hydrogen) atoms. The number of rotatable bonds is 7. The zero-order valence-electron chi connectivity index (χ0n) is 16.5. The third kappa shape index (κ3) is 6.13. The van der Waals surface area contributed by atoms with E-state index in [1.54, 1.807) is 36.4 Å². The fourth-order valence-corrected chi connectivity index (χ4v) is 3.75. The second-order valence-electron chi connectivity index (χ2n) is 6.66. The highest BCUT2D eigenvalue weighted by molar-refractivity contribution is 7.92. The first-order chi connectivity index (χ1) is 14.7. The molecule has 0 aliphatic rings. The SMILES string of the molecule is CS(=O)(=O)N(Cc1ccc(Cl)cc1)c1ccc(C(=O)N/N=C/c2ccccc2F)cc1. The summed E-state index contributed by atoms with van der Waals surface area (Å²) in [5.41, 5.74) is 4.00. The molecule has 0 atom stereocenters. The summed E-state index contributed by atoms with van der Waals surface area (Å²) >= 11 is 5.88. The quantitative estimate of drug-likeness (QED) is 0.424. The van der Waals surface area contributed by atoms with E-state index in [-0.39, 0.29) is 17.7 Å². The predicted octanol–water partition coefficient (Wildman–Crippen LogP) is 4.21. The molecule has 3 rings (SSSR count). The summed E-state index contributed by atoms with van der Waals surface area (Å²) in [5, 5.41) is 4.31. The number of anilines is 1. The molecule has 3 aromatic carbocycles. The molecule has 0 fully saturated rings. The van der Waals surface area contributed by atoms with Crippen molar-refractivity contribution < 1.29 is 17.6 Å². The van der Waals surface area contributed by atoms with Crippen LogP contribution in [0.3, 0.4) is 0 Å². The molecule has 0 aliphatic heterocycles. The highest BCUT2D eigenvalue weighted by Gasteiger charge is 2.18. The van der Waals surface area contributed by atoms with Gasteiger partial charge in [-0.25, -0.2) is 18.2 Å². The van der Waals surface area contributed by atoms with Gasteiger partial charge in [-0.05, 0) is 48.0 Å². The van der Waals surface area contributed by atoms with E-state index in [4.69, 9.17) is 11.6 Å². The van der Waals surface area contributed by atoms with Crippen LogP contribution in [0.15, 0.2) is 77.9 Å². The molecule has 0 radical (unpaired) electrons. The Balaban J connectivity index is 1.72. The van der Waals surface area contributed by atoms with Crippen LogP contribution in [0.4, 0.5) is 10.1 Å². The van der Waals surface area contributed by atoms with Gasteiger partial charge in [-0.15, -0.1) is 0 Å². The molecule has 9 heteroatoms. The first-order valence-corrected chi connectivity index (χ1v) is 11.4. The molecule has 1 N–H and O–H groups in total. The Morgan fingerprint density at radius 3 is 2.32 bits per heavy atom. The van der Waals surface area contributed by atoms with Gasteiger partial charge < -0.3 is 0 Å². The molecule has 0 bridgehead atoms. The van der Waals surface area contributed by atoms with Crippen molar-refractivity contribution in [2.75, 3.05) is 10.6 Å². The number of hydrazone groups is 1. The number of nitrogens with zero attached hydrogens (tertiary/aromatic N) is 2. The lowest BCUT2D eigenvalue weighted by Crippen LogP contribution is -2.29. The van der Waals surface area contributed by atoms with E-state index < -0.39 is 21.7 Å². The minimum atomic E-state index is -3.57.